The summed E-state index contributed by atoms with van der Waals surface area (Å²) in [6.07, 6.45) is 0. The van der Waals surface area contributed by atoms with Crippen LogP contribution in [0.3, 0.4) is 0 Å². The molecule has 20 heavy (non-hydrogen) atoms. The molecule has 2 atom stereocenters. The van der Waals surface area contributed by atoms with Crippen LogP contribution < -0.4 is 5.32 Å². The second kappa shape index (κ2) is 5.57. The lowest BCUT2D eigenvalue weighted by Crippen LogP contribution is -2.39. The van der Waals surface area contributed by atoms with Gasteiger partial charge >= 0.3 is 0 Å². The molecule has 0 aliphatic rings. The zero-order valence-corrected chi connectivity index (χ0v) is 13.0. The van der Waals surface area contributed by atoms with E-state index in [1.807, 2.05) is 12.1 Å². The van der Waals surface area contributed by atoms with Crippen molar-refractivity contribution < 1.29 is 8.81 Å². The second-order valence-electron chi connectivity index (χ2n) is 6.70. The SMILES string of the molecule is CC(CNC(C)(C)C)C(C)c1cc2cccc(F)c2o1. The lowest BCUT2D eigenvalue weighted by Gasteiger charge is -2.25. The molecule has 2 rings (SSSR count). The molecule has 1 heterocycles. The molecule has 0 aliphatic carbocycles. The standard InChI is InChI=1S/C17H24FNO/c1-11(10-19-17(3,4)5)12(2)15-9-13-7-6-8-14(18)16(13)20-15/h6-9,11-12,19H,10H2,1-5H3. The van der Waals surface area contributed by atoms with Crippen LogP contribution in [0.5, 0.6) is 0 Å². The van der Waals surface area contributed by atoms with Gasteiger partial charge in [-0.05, 0) is 45.4 Å². The Balaban J connectivity index is 2.14. The second-order valence-corrected chi connectivity index (χ2v) is 6.70. The molecule has 0 saturated carbocycles. The Bertz CT molecular complexity index is 582. The molecule has 2 unspecified atom stereocenters. The number of benzene rings is 1. The molecular formula is C17H24FNO. The molecule has 0 bridgehead atoms. The van der Waals surface area contributed by atoms with E-state index in [0.29, 0.717) is 11.5 Å². The first-order valence-electron chi connectivity index (χ1n) is 7.21. The highest BCUT2D eigenvalue weighted by atomic mass is 19.1. The lowest BCUT2D eigenvalue weighted by molar-refractivity contribution is 0.338. The molecule has 0 fully saturated rings. The largest absolute Gasteiger partial charge is 0.458 e. The third kappa shape index (κ3) is 3.40. The van der Waals surface area contributed by atoms with Crippen LogP contribution in [-0.2, 0) is 0 Å². The van der Waals surface area contributed by atoms with Gasteiger partial charge in [0.15, 0.2) is 11.4 Å². The average Bonchev–Trinajstić information content (AvgIpc) is 2.79. The van der Waals surface area contributed by atoms with E-state index in [9.17, 15) is 4.39 Å². The number of furan rings is 1. The molecule has 1 aromatic heterocycles. The van der Waals surface area contributed by atoms with Crippen molar-refractivity contribution in [2.45, 2.75) is 46.1 Å². The highest BCUT2D eigenvalue weighted by molar-refractivity contribution is 5.78. The van der Waals surface area contributed by atoms with Gasteiger partial charge in [0.2, 0.25) is 0 Å². The van der Waals surface area contributed by atoms with Crippen molar-refractivity contribution in [3.63, 3.8) is 0 Å². The molecule has 110 valence electrons. The summed E-state index contributed by atoms with van der Waals surface area (Å²) in [6.45, 7) is 11.7. The summed E-state index contributed by atoms with van der Waals surface area (Å²) in [6, 6.07) is 6.99. The van der Waals surface area contributed by atoms with E-state index in [4.69, 9.17) is 4.42 Å². The van der Waals surface area contributed by atoms with Crippen LogP contribution in [0.2, 0.25) is 0 Å². The smallest absolute Gasteiger partial charge is 0.169 e. The van der Waals surface area contributed by atoms with Gasteiger partial charge in [0.25, 0.3) is 0 Å². The van der Waals surface area contributed by atoms with Crippen molar-refractivity contribution in [1.82, 2.24) is 5.32 Å². The summed E-state index contributed by atoms with van der Waals surface area (Å²) in [4.78, 5) is 0. The minimum Gasteiger partial charge on any atom is -0.458 e. The fraction of sp³-hybridized carbons (Fsp3) is 0.529. The first-order valence-corrected chi connectivity index (χ1v) is 7.21. The Morgan fingerprint density at radius 1 is 1.25 bits per heavy atom. The van der Waals surface area contributed by atoms with Gasteiger partial charge in [0.1, 0.15) is 5.76 Å². The van der Waals surface area contributed by atoms with Crippen molar-refractivity contribution in [2.24, 2.45) is 5.92 Å². The maximum atomic E-state index is 13.7. The third-order valence-electron chi connectivity index (χ3n) is 3.77. The summed E-state index contributed by atoms with van der Waals surface area (Å²) in [5.74, 6) is 1.23. The van der Waals surface area contributed by atoms with Crippen LogP contribution in [0.15, 0.2) is 28.7 Å². The molecule has 2 aromatic rings. The number of rotatable bonds is 4. The highest BCUT2D eigenvalue weighted by Gasteiger charge is 2.21. The molecule has 0 radical (unpaired) electrons. The van der Waals surface area contributed by atoms with Crippen LogP contribution in [0, 0.1) is 11.7 Å². The zero-order valence-electron chi connectivity index (χ0n) is 13.0. The van der Waals surface area contributed by atoms with Gasteiger partial charge in [-0.1, -0.05) is 26.0 Å². The molecule has 0 saturated heterocycles. The summed E-state index contributed by atoms with van der Waals surface area (Å²) in [5, 5.41) is 4.34. The molecular weight excluding hydrogens is 253 g/mol. The number of halogens is 1. The molecule has 0 amide bonds. The Hall–Kier alpha value is -1.35. The molecule has 1 aromatic carbocycles. The number of hydrogen-bond acceptors (Lipinski definition) is 2. The Kier molecular flexibility index (Phi) is 4.19. The van der Waals surface area contributed by atoms with E-state index in [2.05, 4.69) is 39.9 Å². The summed E-state index contributed by atoms with van der Waals surface area (Å²) in [7, 11) is 0. The van der Waals surface area contributed by atoms with Crippen LogP contribution in [0.25, 0.3) is 11.0 Å². The normalized spacial score (nSPS) is 15.5. The summed E-state index contributed by atoms with van der Waals surface area (Å²) >= 11 is 0. The lowest BCUT2D eigenvalue weighted by atomic mass is 9.92. The topological polar surface area (TPSA) is 25.2 Å². The molecule has 0 aliphatic heterocycles. The molecule has 1 N–H and O–H groups in total. The minimum atomic E-state index is -0.290. The van der Waals surface area contributed by atoms with E-state index in [-0.39, 0.29) is 17.3 Å². The third-order valence-corrected chi connectivity index (χ3v) is 3.77. The van der Waals surface area contributed by atoms with Gasteiger partial charge in [-0.2, -0.15) is 0 Å². The molecule has 3 heteroatoms. The fourth-order valence-electron chi connectivity index (χ4n) is 2.20. The van der Waals surface area contributed by atoms with Gasteiger partial charge in [0, 0.05) is 16.8 Å². The quantitative estimate of drug-likeness (QED) is 0.876. The minimum absolute atomic E-state index is 0.105. The number of fused-ring (bicyclic) bond motifs is 1. The fourth-order valence-corrected chi connectivity index (χ4v) is 2.20. The predicted octanol–water partition coefficient (Wildman–Crippen LogP) is 4.70. The average molecular weight is 277 g/mol. The van der Waals surface area contributed by atoms with E-state index in [1.165, 1.54) is 6.07 Å². The van der Waals surface area contributed by atoms with E-state index >= 15 is 0 Å². The van der Waals surface area contributed by atoms with Crippen LogP contribution >= 0.6 is 0 Å². The van der Waals surface area contributed by atoms with E-state index in [0.717, 1.165) is 17.7 Å². The Morgan fingerprint density at radius 3 is 2.55 bits per heavy atom. The van der Waals surface area contributed by atoms with Crippen LogP contribution in [0.1, 0.15) is 46.3 Å². The van der Waals surface area contributed by atoms with Gasteiger partial charge in [-0.15, -0.1) is 0 Å². The van der Waals surface area contributed by atoms with Crippen LogP contribution in [-0.4, -0.2) is 12.1 Å². The number of nitrogens with one attached hydrogen (secondary N) is 1. The number of hydrogen-bond donors (Lipinski definition) is 1. The maximum absolute atomic E-state index is 13.7. The first-order chi connectivity index (χ1) is 9.28. The van der Waals surface area contributed by atoms with Gasteiger partial charge in [-0.3, -0.25) is 0 Å². The van der Waals surface area contributed by atoms with Crippen molar-refractivity contribution in [1.29, 1.82) is 0 Å². The van der Waals surface area contributed by atoms with Gasteiger partial charge in [-0.25, -0.2) is 4.39 Å². The van der Waals surface area contributed by atoms with E-state index < -0.39 is 0 Å². The Labute approximate surface area is 120 Å². The van der Waals surface area contributed by atoms with Crippen molar-refractivity contribution in [3.05, 3.63) is 35.8 Å². The van der Waals surface area contributed by atoms with Crippen molar-refractivity contribution in [3.8, 4) is 0 Å². The summed E-state index contributed by atoms with van der Waals surface area (Å²) in [5.41, 5.74) is 0.471. The summed E-state index contributed by atoms with van der Waals surface area (Å²) < 4.78 is 19.4. The predicted molar refractivity (Wildman–Crippen MR) is 81.5 cm³/mol. The number of para-hydroxylation sites is 1. The Morgan fingerprint density at radius 2 is 1.95 bits per heavy atom. The first kappa shape index (κ1) is 15.0. The van der Waals surface area contributed by atoms with Gasteiger partial charge < -0.3 is 9.73 Å². The maximum Gasteiger partial charge on any atom is 0.169 e. The monoisotopic (exact) mass is 277 g/mol. The van der Waals surface area contributed by atoms with Crippen LogP contribution in [0.4, 0.5) is 4.39 Å². The van der Waals surface area contributed by atoms with Crippen molar-refractivity contribution >= 4 is 11.0 Å². The zero-order chi connectivity index (χ0) is 14.9. The van der Waals surface area contributed by atoms with E-state index in [1.54, 1.807) is 6.07 Å². The molecule has 2 nitrogen and oxygen atoms in total. The molecule has 0 spiro atoms. The highest BCUT2D eigenvalue weighted by Crippen LogP contribution is 2.30. The van der Waals surface area contributed by atoms with Crippen molar-refractivity contribution in [2.75, 3.05) is 6.54 Å². The van der Waals surface area contributed by atoms with Gasteiger partial charge in [0.05, 0.1) is 0 Å².